The van der Waals surface area contributed by atoms with Crippen LogP contribution in [0.3, 0.4) is 0 Å². The van der Waals surface area contributed by atoms with E-state index in [1.165, 1.54) is 4.90 Å². The second kappa shape index (κ2) is 12.9. The van der Waals surface area contributed by atoms with E-state index in [9.17, 15) is 14.4 Å². The first-order valence-corrected chi connectivity index (χ1v) is 12.7. The van der Waals surface area contributed by atoms with Crippen molar-refractivity contribution in [2.75, 3.05) is 33.4 Å². The molecule has 4 bridgehead atoms. The van der Waals surface area contributed by atoms with Crippen LogP contribution in [0, 0.1) is 6.92 Å². The molecular weight excluding hydrogens is 502 g/mol. The average Bonchev–Trinajstić information content (AvgIpc) is 3.32. The van der Waals surface area contributed by atoms with Gasteiger partial charge in [0.15, 0.2) is 11.5 Å². The molecule has 0 saturated heterocycles. The van der Waals surface area contributed by atoms with Crippen molar-refractivity contribution in [1.82, 2.24) is 20.5 Å². The number of rotatable bonds is 4. The highest BCUT2D eigenvalue weighted by atomic mass is 16.5. The number of amides is 3. The third kappa shape index (κ3) is 7.14. The van der Waals surface area contributed by atoms with Gasteiger partial charge in [-0.15, -0.1) is 0 Å². The van der Waals surface area contributed by atoms with Crippen LogP contribution < -0.4 is 25.8 Å². The highest BCUT2D eigenvalue weighted by Crippen LogP contribution is 2.33. The third-order valence-electron chi connectivity index (χ3n) is 6.36. The number of benzene rings is 2. The Morgan fingerprint density at radius 1 is 1.21 bits per heavy atom. The maximum Gasteiger partial charge on any atom is 0.243 e. The molecule has 4 rings (SSSR count). The lowest BCUT2D eigenvalue weighted by Gasteiger charge is -2.24. The molecule has 11 nitrogen and oxygen atoms in total. The molecule has 11 heteroatoms. The number of nitrogens with two attached hydrogens (primary N) is 1. The lowest BCUT2D eigenvalue weighted by Crippen LogP contribution is -2.51. The SMILES string of the molecule is COc1ccc2cc1OCCCN(C(=O)CN)CC(=O)N[C@H](Cc1ccccc1)C(=O)NCc1nc-2oc1C. The largest absolute Gasteiger partial charge is 0.493 e. The number of aryl methyl sites for hydroxylation is 1. The number of aromatic nitrogens is 1. The maximum atomic E-state index is 13.3. The molecule has 0 saturated carbocycles. The maximum absolute atomic E-state index is 13.3. The molecule has 3 aromatic rings. The summed E-state index contributed by atoms with van der Waals surface area (Å²) in [5.41, 5.74) is 7.71. The van der Waals surface area contributed by atoms with Crippen molar-refractivity contribution >= 4 is 17.7 Å². The predicted molar refractivity (Wildman–Crippen MR) is 143 cm³/mol. The van der Waals surface area contributed by atoms with E-state index in [1.807, 2.05) is 36.4 Å². The van der Waals surface area contributed by atoms with Crippen molar-refractivity contribution in [3.05, 3.63) is 65.5 Å². The molecule has 0 fully saturated rings. The van der Waals surface area contributed by atoms with Crippen molar-refractivity contribution in [3.63, 3.8) is 0 Å². The van der Waals surface area contributed by atoms with E-state index in [0.717, 1.165) is 5.56 Å². The Kier molecular flexibility index (Phi) is 9.16. The predicted octanol–water partition coefficient (Wildman–Crippen LogP) is 1.57. The van der Waals surface area contributed by atoms with Crippen LogP contribution in [0.1, 0.15) is 23.4 Å². The first-order valence-electron chi connectivity index (χ1n) is 12.7. The molecule has 206 valence electrons. The molecule has 0 aliphatic carbocycles. The van der Waals surface area contributed by atoms with Gasteiger partial charge in [-0.3, -0.25) is 14.4 Å². The lowest BCUT2D eigenvalue weighted by molar-refractivity contribution is -0.136. The number of hydrogen-bond donors (Lipinski definition) is 3. The summed E-state index contributed by atoms with van der Waals surface area (Å²) in [6.07, 6.45) is 0.706. The highest BCUT2D eigenvalue weighted by Gasteiger charge is 2.25. The van der Waals surface area contributed by atoms with Gasteiger partial charge in [0.25, 0.3) is 0 Å². The van der Waals surface area contributed by atoms with Gasteiger partial charge in [0.05, 0.1) is 33.4 Å². The van der Waals surface area contributed by atoms with Crippen molar-refractivity contribution in [2.24, 2.45) is 5.73 Å². The van der Waals surface area contributed by atoms with Gasteiger partial charge in [-0.1, -0.05) is 30.3 Å². The van der Waals surface area contributed by atoms with E-state index in [-0.39, 0.29) is 51.0 Å². The van der Waals surface area contributed by atoms with Crippen LogP contribution in [0.2, 0.25) is 0 Å². The van der Waals surface area contributed by atoms with Crippen molar-refractivity contribution < 1.29 is 28.3 Å². The second-order valence-electron chi connectivity index (χ2n) is 9.14. The summed E-state index contributed by atoms with van der Waals surface area (Å²) < 4.78 is 17.3. The molecule has 0 unspecified atom stereocenters. The number of nitrogens with one attached hydrogen (secondary N) is 2. The minimum absolute atomic E-state index is 0.104. The second-order valence-corrected chi connectivity index (χ2v) is 9.14. The van der Waals surface area contributed by atoms with E-state index < -0.39 is 11.9 Å². The zero-order chi connectivity index (χ0) is 27.8. The lowest BCUT2D eigenvalue weighted by atomic mass is 10.1. The Morgan fingerprint density at radius 2 is 2.00 bits per heavy atom. The summed E-state index contributed by atoms with van der Waals surface area (Å²) >= 11 is 0. The van der Waals surface area contributed by atoms with Crippen LogP contribution in [0.5, 0.6) is 11.5 Å². The Labute approximate surface area is 226 Å². The van der Waals surface area contributed by atoms with Crippen LogP contribution >= 0.6 is 0 Å². The highest BCUT2D eigenvalue weighted by molar-refractivity contribution is 5.90. The van der Waals surface area contributed by atoms with E-state index in [4.69, 9.17) is 19.6 Å². The number of nitrogens with zero attached hydrogens (tertiary/aromatic N) is 2. The normalized spacial score (nSPS) is 16.8. The van der Waals surface area contributed by atoms with E-state index in [0.29, 0.717) is 40.8 Å². The molecular formula is C28H33N5O6. The first kappa shape index (κ1) is 27.6. The number of methoxy groups -OCH3 is 1. The summed E-state index contributed by atoms with van der Waals surface area (Å²) in [5, 5.41) is 5.65. The monoisotopic (exact) mass is 535 g/mol. The van der Waals surface area contributed by atoms with Crippen molar-refractivity contribution in [3.8, 4) is 23.0 Å². The van der Waals surface area contributed by atoms with Gasteiger partial charge >= 0.3 is 0 Å². The van der Waals surface area contributed by atoms with Gasteiger partial charge in [-0.2, -0.15) is 0 Å². The van der Waals surface area contributed by atoms with Gasteiger partial charge in [0, 0.05) is 18.5 Å². The smallest absolute Gasteiger partial charge is 0.243 e. The number of carbonyl (C=O) groups is 3. The summed E-state index contributed by atoms with van der Waals surface area (Å²) in [6, 6.07) is 13.8. The van der Waals surface area contributed by atoms with Gasteiger partial charge in [0.1, 0.15) is 17.5 Å². The Bertz CT molecular complexity index is 1310. The molecule has 1 atom stereocenters. The Hall–Kier alpha value is -4.38. The number of fused-ring (bicyclic) bond motifs is 5. The molecule has 2 aromatic carbocycles. The molecule has 1 aliphatic rings. The van der Waals surface area contributed by atoms with Crippen LogP contribution in [0.25, 0.3) is 11.5 Å². The number of hydrogen-bond acceptors (Lipinski definition) is 8. The number of ether oxygens (including phenoxy) is 2. The summed E-state index contributed by atoms with van der Waals surface area (Å²) in [6.45, 7) is 1.89. The molecule has 3 amide bonds. The molecule has 1 aromatic heterocycles. The number of carbonyl (C=O) groups excluding carboxylic acids is 3. The van der Waals surface area contributed by atoms with Gasteiger partial charge in [-0.25, -0.2) is 4.98 Å². The summed E-state index contributed by atoms with van der Waals surface area (Å²) in [5.74, 6) is 0.721. The molecule has 0 radical (unpaired) electrons. The first-order chi connectivity index (χ1) is 18.9. The quantitative estimate of drug-likeness (QED) is 0.456. The Morgan fingerprint density at radius 3 is 2.74 bits per heavy atom. The zero-order valence-electron chi connectivity index (χ0n) is 22.1. The van der Waals surface area contributed by atoms with E-state index >= 15 is 0 Å². The molecule has 0 spiro atoms. The van der Waals surface area contributed by atoms with Crippen LogP contribution in [0.15, 0.2) is 52.9 Å². The fraction of sp³-hybridized carbons (Fsp3) is 0.357. The third-order valence-corrected chi connectivity index (χ3v) is 6.36. The molecule has 2 heterocycles. The standard InChI is InChI=1S/C28H33N5O6/c1-18-22-16-30-27(36)21(13-19-7-4-3-5-8-19)31-25(34)17-33(26(35)15-29)11-6-12-38-24-14-20(28(32-22)39-18)9-10-23(24)37-2/h3-5,7-10,14,21H,6,11-13,15-17,29H2,1-2H3,(H,30,36)(H,31,34)/t21-/m1/s1. The van der Waals surface area contributed by atoms with Crippen molar-refractivity contribution in [1.29, 1.82) is 0 Å². The van der Waals surface area contributed by atoms with Gasteiger partial charge in [0.2, 0.25) is 23.6 Å². The van der Waals surface area contributed by atoms with Crippen LogP contribution in [-0.4, -0.2) is 67.0 Å². The summed E-state index contributed by atoms with van der Waals surface area (Å²) in [7, 11) is 1.54. The van der Waals surface area contributed by atoms with Crippen molar-refractivity contribution in [2.45, 2.75) is 32.4 Å². The zero-order valence-corrected chi connectivity index (χ0v) is 22.1. The minimum atomic E-state index is -0.868. The van der Waals surface area contributed by atoms with Crippen LogP contribution in [-0.2, 0) is 27.3 Å². The fourth-order valence-electron chi connectivity index (χ4n) is 4.26. The molecule has 39 heavy (non-hydrogen) atoms. The topological polar surface area (TPSA) is 149 Å². The molecule has 1 aliphatic heterocycles. The minimum Gasteiger partial charge on any atom is -0.493 e. The van der Waals surface area contributed by atoms with E-state index in [2.05, 4.69) is 15.6 Å². The summed E-state index contributed by atoms with van der Waals surface area (Å²) in [4.78, 5) is 44.7. The van der Waals surface area contributed by atoms with Gasteiger partial charge in [-0.05, 0) is 37.1 Å². The molecule has 4 N–H and O–H groups in total. The number of oxazole rings is 1. The fourth-order valence-corrected chi connectivity index (χ4v) is 4.26. The van der Waals surface area contributed by atoms with E-state index in [1.54, 1.807) is 26.2 Å². The van der Waals surface area contributed by atoms with Gasteiger partial charge < -0.3 is 35.2 Å². The van der Waals surface area contributed by atoms with Crippen LogP contribution in [0.4, 0.5) is 0 Å². The Balaban J connectivity index is 1.64. The average molecular weight is 536 g/mol.